The van der Waals surface area contributed by atoms with Crippen LogP contribution in [0.2, 0.25) is 0 Å². The van der Waals surface area contributed by atoms with Gasteiger partial charge in [-0.2, -0.15) is 5.10 Å². The lowest BCUT2D eigenvalue weighted by Crippen LogP contribution is -2.32. The van der Waals surface area contributed by atoms with Crippen LogP contribution in [0.3, 0.4) is 0 Å². The number of anilines is 1. The Morgan fingerprint density at radius 3 is 2.39 bits per heavy atom. The first-order chi connectivity index (χ1) is 11.0. The highest BCUT2D eigenvalue weighted by Crippen LogP contribution is 2.15. The zero-order chi connectivity index (χ0) is 16.8. The molecule has 23 heavy (non-hydrogen) atoms. The van der Waals surface area contributed by atoms with Gasteiger partial charge in [-0.15, -0.1) is 0 Å². The van der Waals surface area contributed by atoms with Crippen LogP contribution in [0.25, 0.3) is 0 Å². The molecular weight excluding hydrogens is 290 g/mol. The molecule has 0 heterocycles. The molecule has 0 spiro atoms. The lowest BCUT2D eigenvalue weighted by Gasteiger charge is -2.08. The number of hydrazone groups is 1. The number of hydrogen-bond acceptors (Lipinski definition) is 3. The lowest BCUT2D eigenvalue weighted by atomic mass is 10.1. The molecule has 2 amide bonds. The number of benzene rings is 2. The molecule has 0 atom stereocenters. The normalized spacial score (nSPS) is 10.6. The summed E-state index contributed by atoms with van der Waals surface area (Å²) < 4.78 is 0. The number of carbonyl (C=O) groups excluding carboxylic acids is 2. The first kappa shape index (κ1) is 16.4. The van der Waals surface area contributed by atoms with Gasteiger partial charge in [-0.25, -0.2) is 5.43 Å². The zero-order valence-corrected chi connectivity index (χ0v) is 13.4. The van der Waals surface area contributed by atoms with E-state index >= 15 is 0 Å². The van der Waals surface area contributed by atoms with Crippen molar-refractivity contribution in [2.75, 3.05) is 5.32 Å². The maximum Gasteiger partial charge on any atom is 0.329 e. The molecule has 0 unspecified atom stereocenters. The van der Waals surface area contributed by atoms with E-state index in [1.165, 1.54) is 6.21 Å². The summed E-state index contributed by atoms with van der Waals surface area (Å²) in [6.45, 7) is 5.78. The molecule has 5 nitrogen and oxygen atoms in total. The summed E-state index contributed by atoms with van der Waals surface area (Å²) in [6.07, 6.45) is 1.51. The number of carbonyl (C=O) groups is 2. The molecule has 2 aromatic carbocycles. The fourth-order valence-corrected chi connectivity index (χ4v) is 2.08. The summed E-state index contributed by atoms with van der Waals surface area (Å²) in [5.41, 5.74) is 6.74. The Morgan fingerprint density at radius 2 is 1.70 bits per heavy atom. The second-order valence-corrected chi connectivity index (χ2v) is 5.33. The third kappa shape index (κ3) is 4.51. The number of hydrogen-bond donors (Lipinski definition) is 2. The van der Waals surface area contributed by atoms with Crippen molar-refractivity contribution in [3.8, 4) is 0 Å². The Bertz CT molecular complexity index is 767. The molecule has 2 rings (SSSR count). The smallest absolute Gasteiger partial charge is 0.317 e. The fraction of sp³-hybridized carbons (Fsp3) is 0.167. The van der Waals surface area contributed by atoms with Crippen molar-refractivity contribution in [1.82, 2.24) is 5.43 Å². The predicted molar refractivity (Wildman–Crippen MR) is 91.5 cm³/mol. The van der Waals surface area contributed by atoms with Crippen LogP contribution in [0.4, 0.5) is 5.69 Å². The minimum absolute atomic E-state index is 0.610. The molecule has 0 saturated heterocycles. The number of nitrogens with zero attached hydrogens (tertiary/aromatic N) is 1. The van der Waals surface area contributed by atoms with E-state index in [0.29, 0.717) is 5.69 Å². The van der Waals surface area contributed by atoms with Gasteiger partial charge >= 0.3 is 11.8 Å². The summed E-state index contributed by atoms with van der Waals surface area (Å²) in [4.78, 5) is 23.6. The van der Waals surface area contributed by atoms with E-state index in [1.807, 2.05) is 57.2 Å². The van der Waals surface area contributed by atoms with Crippen molar-refractivity contribution in [1.29, 1.82) is 0 Å². The Balaban J connectivity index is 1.95. The monoisotopic (exact) mass is 309 g/mol. The molecule has 0 aliphatic rings. The van der Waals surface area contributed by atoms with Crippen LogP contribution in [0.5, 0.6) is 0 Å². The number of amides is 2. The average Bonchev–Trinajstić information content (AvgIpc) is 2.51. The molecule has 0 fully saturated rings. The van der Waals surface area contributed by atoms with Crippen molar-refractivity contribution < 1.29 is 9.59 Å². The number of rotatable bonds is 3. The first-order valence-electron chi connectivity index (χ1n) is 7.24. The Hall–Kier alpha value is -2.95. The quantitative estimate of drug-likeness (QED) is 0.520. The first-order valence-corrected chi connectivity index (χ1v) is 7.24. The Labute approximate surface area is 135 Å². The van der Waals surface area contributed by atoms with Gasteiger partial charge in [-0.1, -0.05) is 42.0 Å². The van der Waals surface area contributed by atoms with Crippen molar-refractivity contribution in [3.63, 3.8) is 0 Å². The van der Waals surface area contributed by atoms with Gasteiger partial charge in [0.1, 0.15) is 0 Å². The molecule has 0 aliphatic heterocycles. The van der Waals surface area contributed by atoms with E-state index in [2.05, 4.69) is 15.8 Å². The van der Waals surface area contributed by atoms with Gasteiger partial charge < -0.3 is 5.32 Å². The summed E-state index contributed by atoms with van der Waals surface area (Å²) in [5.74, 6) is -1.56. The largest absolute Gasteiger partial charge is 0.329 e. The minimum Gasteiger partial charge on any atom is -0.317 e. The van der Waals surface area contributed by atoms with Crippen molar-refractivity contribution >= 4 is 23.7 Å². The third-order valence-electron chi connectivity index (χ3n) is 3.39. The maximum atomic E-state index is 11.9. The van der Waals surface area contributed by atoms with Gasteiger partial charge in [0, 0.05) is 5.69 Å². The summed E-state index contributed by atoms with van der Waals surface area (Å²) in [7, 11) is 0. The van der Waals surface area contributed by atoms with Gasteiger partial charge in [0.25, 0.3) is 0 Å². The standard InChI is InChI=1S/C18H19N3O2/c1-12-8-9-16(14(3)10-12)20-17(22)18(23)21-19-11-15-7-5-4-6-13(15)2/h4-11H,1-3H3,(H,20,22)(H,21,23)/b19-11+. The second-order valence-electron chi connectivity index (χ2n) is 5.33. The van der Waals surface area contributed by atoms with Gasteiger partial charge in [-0.3, -0.25) is 9.59 Å². The van der Waals surface area contributed by atoms with Crippen LogP contribution >= 0.6 is 0 Å². The van der Waals surface area contributed by atoms with Crippen LogP contribution < -0.4 is 10.7 Å². The van der Waals surface area contributed by atoms with Gasteiger partial charge in [0.2, 0.25) is 0 Å². The highest BCUT2D eigenvalue weighted by Gasteiger charge is 2.13. The van der Waals surface area contributed by atoms with E-state index in [1.54, 1.807) is 6.07 Å². The van der Waals surface area contributed by atoms with E-state index in [4.69, 9.17) is 0 Å². The van der Waals surface area contributed by atoms with Crippen LogP contribution in [-0.2, 0) is 9.59 Å². The maximum absolute atomic E-state index is 11.9. The molecule has 0 aromatic heterocycles. The fourth-order valence-electron chi connectivity index (χ4n) is 2.08. The van der Waals surface area contributed by atoms with Crippen LogP contribution in [-0.4, -0.2) is 18.0 Å². The zero-order valence-electron chi connectivity index (χ0n) is 13.4. The minimum atomic E-state index is -0.810. The highest BCUT2D eigenvalue weighted by atomic mass is 16.2. The summed E-state index contributed by atoms with van der Waals surface area (Å²) in [6, 6.07) is 13.2. The molecule has 0 radical (unpaired) electrons. The molecule has 0 aliphatic carbocycles. The van der Waals surface area contributed by atoms with E-state index in [0.717, 1.165) is 22.3 Å². The molecule has 2 N–H and O–H groups in total. The van der Waals surface area contributed by atoms with Crippen molar-refractivity contribution in [2.45, 2.75) is 20.8 Å². The van der Waals surface area contributed by atoms with E-state index in [-0.39, 0.29) is 0 Å². The van der Waals surface area contributed by atoms with Crippen molar-refractivity contribution in [3.05, 3.63) is 64.7 Å². The number of aryl methyl sites for hydroxylation is 3. The van der Waals surface area contributed by atoms with Gasteiger partial charge in [0.15, 0.2) is 0 Å². The highest BCUT2D eigenvalue weighted by molar-refractivity contribution is 6.39. The van der Waals surface area contributed by atoms with Crippen LogP contribution in [0.15, 0.2) is 47.6 Å². The second kappa shape index (κ2) is 7.35. The molecular formula is C18H19N3O2. The SMILES string of the molecule is Cc1ccc(NC(=O)C(=O)N/N=C/c2ccccc2C)c(C)c1. The topological polar surface area (TPSA) is 70.6 Å². The molecule has 0 bridgehead atoms. The molecule has 0 saturated carbocycles. The third-order valence-corrected chi connectivity index (χ3v) is 3.39. The van der Waals surface area contributed by atoms with E-state index in [9.17, 15) is 9.59 Å². The molecule has 118 valence electrons. The Morgan fingerprint density at radius 1 is 0.957 bits per heavy atom. The lowest BCUT2D eigenvalue weighted by molar-refractivity contribution is -0.136. The predicted octanol–water partition coefficient (Wildman–Crippen LogP) is 2.70. The Kier molecular flexibility index (Phi) is 5.25. The van der Waals surface area contributed by atoms with E-state index < -0.39 is 11.8 Å². The average molecular weight is 309 g/mol. The molecule has 2 aromatic rings. The van der Waals surface area contributed by atoms with Crippen LogP contribution in [0, 0.1) is 20.8 Å². The van der Waals surface area contributed by atoms with Gasteiger partial charge in [0.05, 0.1) is 6.21 Å². The molecule has 5 heteroatoms. The van der Waals surface area contributed by atoms with Gasteiger partial charge in [-0.05, 0) is 43.5 Å². The summed E-state index contributed by atoms with van der Waals surface area (Å²) in [5, 5.41) is 6.39. The number of nitrogens with one attached hydrogen (secondary N) is 2. The van der Waals surface area contributed by atoms with Crippen molar-refractivity contribution in [2.24, 2.45) is 5.10 Å². The summed E-state index contributed by atoms with van der Waals surface area (Å²) >= 11 is 0. The van der Waals surface area contributed by atoms with Crippen LogP contribution in [0.1, 0.15) is 22.3 Å².